The van der Waals surface area contributed by atoms with Gasteiger partial charge >= 0.3 is 29.2 Å². The lowest BCUT2D eigenvalue weighted by molar-refractivity contribution is -0.335. The van der Waals surface area contributed by atoms with Gasteiger partial charge in [-0.25, -0.2) is 8.42 Å². The summed E-state index contributed by atoms with van der Waals surface area (Å²) in [5.74, 6) is -3.08. The Balaban J connectivity index is 2.87. The van der Waals surface area contributed by atoms with E-state index in [9.17, 15) is 48.9 Å². The van der Waals surface area contributed by atoms with E-state index in [1.807, 2.05) is 67.8 Å². The van der Waals surface area contributed by atoms with Crippen LogP contribution < -0.4 is 4.74 Å². The number of alkyl halides is 6. The van der Waals surface area contributed by atoms with Gasteiger partial charge in [-0.05, 0) is 86.3 Å². The van der Waals surface area contributed by atoms with Crippen LogP contribution in [0.15, 0.2) is 12.1 Å². The zero-order chi connectivity index (χ0) is 24.4. The van der Waals surface area contributed by atoms with Crippen molar-refractivity contribution in [3.8, 4) is 5.75 Å². The molecule has 0 aliphatic heterocycles. The molecule has 1 aromatic rings. The number of esters is 2. The molecule has 0 radical (unpaired) electrons. The minimum absolute atomic E-state index is 0.166. The molecule has 7 nitrogen and oxygen atoms in total. The van der Waals surface area contributed by atoms with Gasteiger partial charge in [-0.1, -0.05) is 0 Å². The highest BCUT2D eigenvalue weighted by atomic mass is 127. The highest BCUT2D eigenvalue weighted by molar-refractivity contribution is 14.1. The number of carbonyl (C=O) groups is 2. The fourth-order valence-electron chi connectivity index (χ4n) is 1.99. The Kier molecular flexibility index (Phi) is 9.69. The summed E-state index contributed by atoms with van der Waals surface area (Å²) in [6.07, 6.45) is -16.1. The van der Waals surface area contributed by atoms with Gasteiger partial charge in [0.25, 0.3) is 0 Å². The lowest BCUT2D eigenvalue weighted by Gasteiger charge is -2.37. The van der Waals surface area contributed by atoms with Crippen molar-refractivity contribution in [1.82, 2.24) is 0 Å². The summed E-state index contributed by atoms with van der Waals surface area (Å²) in [5.41, 5.74) is 0. The number of carbonyl (C=O) groups excluding carboxylic acids is 2. The summed E-state index contributed by atoms with van der Waals surface area (Å²) in [7, 11) is -7.27. The summed E-state index contributed by atoms with van der Waals surface area (Å²) in [4.78, 5) is 17.1. The fourth-order valence-corrected chi connectivity index (χ4v) is 6.56. The van der Waals surface area contributed by atoms with Crippen LogP contribution in [0.3, 0.4) is 0 Å². The van der Waals surface area contributed by atoms with Gasteiger partial charge < -0.3 is 14.0 Å². The summed E-state index contributed by atoms with van der Waals surface area (Å²) >= 11 is 5.75. The molecule has 0 aliphatic carbocycles. The minimum atomic E-state index is -7.27. The molecule has 31 heavy (non-hydrogen) atoms. The molecule has 0 spiro atoms. The lowest BCUT2D eigenvalue weighted by Crippen LogP contribution is -2.64. The first-order chi connectivity index (χ1) is 13.8. The standard InChI is InChI=1S/C14H9F6I3O7S/c15-13(16,17)12(14(18,19)20,31(26,27)28)30-10(25)3-1-2-9(24)29-11-7(22)4-6(21)5-8(11)23/h4-5H,1-3H2,(H,26,27,28)/p-1. The van der Waals surface area contributed by atoms with Crippen LogP contribution in [0.2, 0.25) is 0 Å². The van der Waals surface area contributed by atoms with Crippen molar-refractivity contribution in [3.63, 3.8) is 0 Å². The molecule has 0 fully saturated rings. The summed E-state index contributed by atoms with van der Waals surface area (Å²) in [6.45, 7) is 0. The second kappa shape index (κ2) is 10.4. The quantitative estimate of drug-likeness (QED) is 0.131. The maximum atomic E-state index is 12.9. The zero-order valence-corrected chi connectivity index (χ0v) is 21.7. The Hall–Kier alpha value is -0.160. The molecule has 1 aromatic carbocycles. The van der Waals surface area contributed by atoms with E-state index < -0.39 is 58.6 Å². The first kappa shape index (κ1) is 28.9. The van der Waals surface area contributed by atoms with Crippen LogP contribution in [0.4, 0.5) is 26.3 Å². The molecule has 0 unspecified atom stereocenters. The van der Waals surface area contributed by atoms with Gasteiger partial charge in [0.15, 0.2) is 15.9 Å². The molecular formula is C14H8F6I3O7S-. The topological polar surface area (TPSA) is 110 Å². The van der Waals surface area contributed by atoms with Gasteiger partial charge in [0.05, 0.1) is 7.14 Å². The molecule has 0 atom stereocenters. The molecule has 0 amide bonds. The molecule has 1 rings (SSSR count). The molecule has 17 heteroatoms. The van der Waals surface area contributed by atoms with E-state index in [2.05, 4.69) is 4.74 Å². The maximum Gasteiger partial charge on any atom is 0.452 e. The average Bonchev–Trinajstić information content (AvgIpc) is 2.52. The van der Waals surface area contributed by atoms with Crippen molar-refractivity contribution < 1.29 is 58.4 Å². The Morgan fingerprint density at radius 2 is 1.32 bits per heavy atom. The van der Waals surface area contributed by atoms with Gasteiger partial charge in [-0.2, -0.15) is 26.3 Å². The number of ether oxygens (including phenoxy) is 2. The number of hydrogen-bond donors (Lipinski definition) is 0. The van der Waals surface area contributed by atoms with Crippen LogP contribution in [-0.2, 0) is 24.4 Å². The maximum absolute atomic E-state index is 12.9. The Bertz CT molecular complexity index is 925. The van der Waals surface area contributed by atoms with Gasteiger partial charge in [-0.3, -0.25) is 9.59 Å². The summed E-state index contributed by atoms with van der Waals surface area (Å²) in [5, 5.41) is 0. The first-order valence-electron chi connectivity index (χ1n) is 7.49. The third kappa shape index (κ3) is 6.91. The molecule has 176 valence electrons. The lowest BCUT2D eigenvalue weighted by atomic mass is 10.2. The van der Waals surface area contributed by atoms with Crippen LogP contribution in [0.5, 0.6) is 5.75 Å². The first-order valence-corrected chi connectivity index (χ1v) is 12.1. The van der Waals surface area contributed by atoms with Crippen molar-refractivity contribution in [1.29, 1.82) is 0 Å². The molecule has 0 aromatic heterocycles. The van der Waals surface area contributed by atoms with Gasteiger partial charge in [0, 0.05) is 16.4 Å². The van der Waals surface area contributed by atoms with E-state index in [1.165, 1.54) is 0 Å². The molecule has 0 bridgehead atoms. The van der Waals surface area contributed by atoms with Crippen LogP contribution in [0.25, 0.3) is 0 Å². The molecule has 0 saturated carbocycles. The fraction of sp³-hybridized carbons (Fsp3) is 0.429. The van der Waals surface area contributed by atoms with E-state index in [0.717, 1.165) is 3.57 Å². The molecule has 0 N–H and O–H groups in total. The largest absolute Gasteiger partial charge is 0.744 e. The number of hydrogen-bond acceptors (Lipinski definition) is 7. The van der Waals surface area contributed by atoms with Crippen molar-refractivity contribution in [2.24, 2.45) is 0 Å². The smallest absolute Gasteiger partial charge is 0.452 e. The third-order valence-corrected chi connectivity index (χ3v) is 6.77. The van der Waals surface area contributed by atoms with Gasteiger partial charge in [0.2, 0.25) is 0 Å². The normalized spacial score (nSPS) is 13.1. The molecule has 0 aliphatic rings. The van der Waals surface area contributed by atoms with Crippen molar-refractivity contribution in [2.45, 2.75) is 36.5 Å². The predicted octanol–water partition coefficient (Wildman–Crippen LogP) is 4.49. The highest BCUT2D eigenvalue weighted by Crippen LogP contribution is 2.49. The van der Waals surface area contributed by atoms with Crippen molar-refractivity contribution >= 4 is 89.8 Å². The SMILES string of the molecule is O=C(CCCC(=O)OC(C(F)(F)F)(C(F)(F)F)S(=O)(=O)[O-])Oc1c(I)cc(I)cc1I. The second-order valence-electron chi connectivity index (χ2n) is 5.57. The number of benzene rings is 1. The van der Waals surface area contributed by atoms with E-state index >= 15 is 0 Å². The Labute approximate surface area is 211 Å². The predicted molar refractivity (Wildman–Crippen MR) is 115 cm³/mol. The molecule has 0 saturated heterocycles. The Morgan fingerprint density at radius 1 is 0.903 bits per heavy atom. The Morgan fingerprint density at radius 3 is 1.71 bits per heavy atom. The third-order valence-electron chi connectivity index (χ3n) is 3.30. The van der Waals surface area contributed by atoms with Crippen molar-refractivity contribution in [2.75, 3.05) is 0 Å². The summed E-state index contributed by atoms with van der Waals surface area (Å²) < 4.78 is 120. The van der Waals surface area contributed by atoms with Crippen LogP contribution in [0, 0.1) is 10.7 Å². The monoisotopic (exact) mass is 815 g/mol. The van der Waals surface area contributed by atoms with Crippen LogP contribution >= 0.6 is 67.8 Å². The summed E-state index contributed by atoms with van der Waals surface area (Å²) in [6, 6.07) is 3.33. The van der Waals surface area contributed by atoms with E-state index in [-0.39, 0.29) is 5.75 Å². The minimum Gasteiger partial charge on any atom is -0.744 e. The average molecular weight is 815 g/mol. The van der Waals surface area contributed by atoms with Gasteiger partial charge in [0.1, 0.15) is 0 Å². The second-order valence-corrected chi connectivity index (χ2v) is 10.6. The van der Waals surface area contributed by atoms with Gasteiger partial charge in [-0.15, -0.1) is 0 Å². The van der Waals surface area contributed by atoms with Crippen LogP contribution in [-0.4, -0.2) is 42.2 Å². The van der Waals surface area contributed by atoms with E-state index in [4.69, 9.17) is 4.74 Å². The van der Waals surface area contributed by atoms with E-state index in [0.29, 0.717) is 7.14 Å². The van der Waals surface area contributed by atoms with E-state index in [1.54, 1.807) is 12.1 Å². The number of halogens is 9. The molecule has 0 heterocycles. The number of rotatable bonds is 7. The zero-order valence-electron chi connectivity index (χ0n) is 14.4. The van der Waals surface area contributed by atoms with Crippen molar-refractivity contribution in [3.05, 3.63) is 22.8 Å². The highest BCUT2D eigenvalue weighted by Gasteiger charge is 2.79. The molecular weight excluding hydrogens is 807 g/mol. The van der Waals surface area contributed by atoms with Crippen LogP contribution in [0.1, 0.15) is 19.3 Å².